The molecule has 0 atom stereocenters. The molecule has 0 N–H and O–H groups in total. The SMILES string of the molecule is CCOC(=O)CCN(Cc1cccnc1)C(=O)CSc1nnnn1C1CCCC1. The van der Waals surface area contributed by atoms with Gasteiger partial charge in [-0.2, -0.15) is 0 Å². The Balaban J connectivity index is 1.61. The van der Waals surface area contributed by atoms with Crippen molar-refractivity contribution in [3.05, 3.63) is 30.1 Å². The van der Waals surface area contributed by atoms with Crippen LogP contribution in [0.1, 0.15) is 50.6 Å². The van der Waals surface area contributed by atoms with E-state index in [-0.39, 0.29) is 24.1 Å². The molecule has 1 amide bonds. The van der Waals surface area contributed by atoms with E-state index < -0.39 is 0 Å². The number of amides is 1. The monoisotopic (exact) mass is 418 g/mol. The molecule has 2 aromatic rings. The number of carbonyl (C=O) groups excluding carboxylic acids is 2. The predicted molar refractivity (Wildman–Crippen MR) is 107 cm³/mol. The van der Waals surface area contributed by atoms with Crippen molar-refractivity contribution in [2.45, 2.75) is 56.8 Å². The summed E-state index contributed by atoms with van der Waals surface area (Å²) in [5, 5.41) is 12.6. The Kier molecular flexibility index (Phi) is 7.97. The molecule has 0 bridgehead atoms. The molecule has 0 aromatic carbocycles. The summed E-state index contributed by atoms with van der Waals surface area (Å²) >= 11 is 1.34. The zero-order valence-electron chi connectivity index (χ0n) is 16.6. The van der Waals surface area contributed by atoms with Crippen molar-refractivity contribution in [3.63, 3.8) is 0 Å². The summed E-state index contributed by atoms with van der Waals surface area (Å²) in [7, 11) is 0. The molecule has 3 rings (SSSR count). The summed E-state index contributed by atoms with van der Waals surface area (Å²) in [5.41, 5.74) is 0.908. The third kappa shape index (κ3) is 6.25. The number of nitrogens with zero attached hydrogens (tertiary/aromatic N) is 6. The van der Waals surface area contributed by atoms with Gasteiger partial charge in [-0.05, 0) is 41.8 Å². The van der Waals surface area contributed by atoms with Crippen LogP contribution in [0.2, 0.25) is 0 Å². The number of esters is 1. The number of thioether (sulfide) groups is 1. The van der Waals surface area contributed by atoms with Gasteiger partial charge in [0.2, 0.25) is 11.1 Å². The maximum absolute atomic E-state index is 12.9. The van der Waals surface area contributed by atoms with Crippen LogP contribution in [0.25, 0.3) is 0 Å². The van der Waals surface area contributed by atoms with Gasteiger partial charge in [-0.15, -0.1) is 5.10 Å². The van der Waals surface area contributed by atoms with Gasteiger partial charge in [0.05, 0.1) is 24.8 Å². The van der Waals surface area contributed by atoms with E-state index in [1.165, 1.54) is 24.6 Å². The fourth-order valence-electron chi connectivity index (χ4n) is 3.34. The van der Waals surface area contributed by atoms with E-state index in [1.54, 1.807) is 24.2 Å². The van der Waals surface area contributed by atoms with Crippen LogP contribution in [0.3, 0.4) is 0 Å². The van der Waals surface area contributed by atoms with Crippen molar-refractivity contribution in [2.75, 3.05) is 18.9 Å². The van der Waals surface area contributed by atoms with Gasteiger partial charge in [-0.3, -0.25) is 14.6 Å². The second-order valence-corrected chi connectivity index (χ2v) is 7.81. The summed E-state index contributed by atoms with van der Waals surface area (Å²) in [4.78, 5) is 30.4. The first-order chi connectivity index (χ1) is 14.2. The van der Waals surface area contributed by atoms with E-state index in [0.717, 1.165) is 18.4 Å². The Hall–Kier alpha value is -2.49. The van der Waals surface area contributed by atoms with Gasteiger partial charge in [0.1, 0.15) is 0 Å². The number of ether oxygens (including phenoxy) is 1. The molecule has 29 heavy (non-hydrogen) atoms. The van der Waals surface area contributed by atoms with Gasteiger partial charge < -0.3 is 9.64 Å². The summed E-state index contributed by atoms with van der Waals surface area (Å²) in [5.74, 6) is -0.186. The molecule has 0 unspecified atom stereocenters. The number of hydrogen-bond acceptors (Lipinski definition) is 8. The number of rotatable bonds is 10. The van der Waals surface area contributed by atoms with Crippen LogP contribution in [0.5, 0.6) is 0 Å². The van der Waals surface area contributed by atoms with Crippen molar-refractivity contribution in [1.82, 2.24) is 30.1 Å². The van der Waals surface area contributed by atoms with Crippen molar-refractivity contribution >= 4 is 23.6 Å². The van der Waals surface area contributed by atoms with E-state index in [1.807, 2.05) is 16.8 Å². The molecular weight excluding hydrogens is 392 g/mol. The van der Waals surface area contributed by atoms with E-state index in [4.69, 9.17) is 4.74 Å². The minimum atomic E-state index is -0.311. The molecule has 2 heterocycles. The summed E-state index contributed by atoms with van der Waals surface area (Å²) in [6, 6.07) is 4.05. The average molecular weight is 419 g/mol. The number of pyridine rings is 1. The normalized spacial score (nSPS) is 14.1. The lowest BCUT2D eigenvalue weighted by molar-refractivity contribution is -0.144. The number of aromatic nitrogens is 5. The molecule has 1 aliphatic carbocycles. The van der Waals surface area contributed by atoms with Gasteiger partial charge in [0, 0.05) is 25.5 Å². The molecule has 0 spiro atoms. The molecule has 1 fully saturated rings. The first-order valence-corrected chi connectivity index (χ1v) is 10.9. The summed E-state index contributed by atoms with van der Waals surface area (Å²) in [6.45, 7) is 2.78. The topological polar surface area (TPSA) is 103 Å². The van der Waals surface area contributed by atoms with Crippen molar-refractivity contribution in [2.24, 2.45) is 0 Å². The first-order valence-electron chi connectivity index (χ1n) is 9.90. The Morgan fingerprint density at radius 3 is 2.90 bits per heavy atom. The highest BCUT2D eigenvalue weighted by Gasteiger charge is 2.23. The number of hydrogen-bond donors (Lipinski definition) is 0. The van der Waals surface area contributed by atoms with Gasteiger partial charge in [0.25, 0.3) is 0 Å². The molecule has 1 saturated carbocycles. The highest BCUT2D eigenvalue weighted by molar-refractivity contribution is 7.99. The van der Waals surface area contributed by atoms with Crippen LogP contribution in [-0.4, -0.2) is 60.9 Å². The van der Waals surface area contributed by atoms with Gasteiger partial charge in [-0.1, -0.05) is 30.7 Å². The Morgan fingerprint density at radius 1 is 1.34 bits per heavy atom. The molecule has 1 aliphatic rings. The molecular formula is C19H26N6O3S. The van der Waals surface area contributed by atoms with Gasteiger partial charge in [0.15, 0.2) is 0 Å². The standard InChI is InChI=1S/C19H26N6O3S/c1-2-28-18(27)9-11-24(13-15-6-5-10-20-12-15)17(26)14-29-19-21-22-23-25(19)16-7-3-4-8-16/h5-6,10,12,16H,2-4,7-9,11,13-14H2,1H3. The minimum absolute atomic E-state index is 0.0795. The molecule has 0 saturated heterocycles. The number of carbonyl (C=O) groups is 2. The Bertz CT molecular complexity index is 794. The number of tetrazole rings is 1. The van der Waals surface area contributed by atoms with Crippen LogP contribution in [-0.2, 0) is 20.9 Å². The minimum Gasteiger partial charge on any atom is -0.466 e. The zero-order valence-corrected chi connectivity index (χ0v) is 17.4. The molecule has 9 nitrogen and oxygen atoms in total. The van der Waals surface area contributed by atoms with Crippen LogP contribution in [0, 0.1) is 0 Å². The molecule has 10 heteroatoms. The van der Waals surface area contributed by atoms with Crippen molar-refractivity contribution in [1.29, 1.82) is 0 Å². The maximum Gasteiger partial charge on any atom is 0.307 e. The average Bonchev–Trinajstić information content (AvgIpc) is 3.41. The van der Waals surface area contributed by atoms with Crippen LogP contribution < -0.4 is 0 Å². The van der Waals surface area contributed by atoms with E-state index in [9.17, 15) is 9.59 Å². The second-order valence-electron chi connectivity index (χ2n) is 6.86. The Morgan fingerprint density at radius 2 is 2.17 bits per heavy atom. The lowest BCUT2D eigenvalue weighted by Crippen LogP contribution is -2.34. The molecule has 0 radical (unpaired) electrons. The molecule has 156 valence electrons. The predicted octanol–water partition coefficient (Wildman–Crippen LogP) is 2.26. The highest BCUT2D eigenvalue weighted by atomic mass is 32.2. The van der Waals surface area contributed by atoms with Gasteiger partial charge >= 0.3 is 5.97 Å². The van der Waals surface area contributed by atoms with E-state index >= 15 is 0 Å². The zero-order chi connectivity index (χ0) is 20.5. The third-order valence-electron chi connectivity index (χ3n) is 4.80. The largest absolute Gasteiger partial charge is 0.466 e. The maximum atomic E-state index is 12.9. The van der Waals surface area contributed by atoms with E-state index in [0.29, 0.717) is 30.9 Å². The fourth-order valence-corrected chi connectivity index (χ4v) is 4.19. The van der Waals surface area contributed by atoms with Gasteiger partial charge in [-0.25, -0.2) is 4.68 Å². The van der Waals surface area contributed by atoms with Crippen molar-refractivity contribution < 1.29 is 14.3 Å². The fraction of sp³-hybridized carbons (Fsp3) is 0.579. The lowest BCUT2D eigenvalue weighted by Gasteiger charge is -2.22. The quantitative estimate of drug-likeness (QED) is 0.428. The highest BCUT2D eigenvalue weighted by Crippen LogP contribution is 2.31. The van der Waals surface area contributed by atoms with Crippen LogP contribution in [0.4, 0.5) is 0 Å². The first kappa shape index (κ1) is 21.2. The smallest absolute Gasteiger partial charge is 0.307 e. The molecule has 0 aliphatic heterocycles. The van der Waals surface area contributed by atoms with Crippen LogP contribution in [0.15, 0.2) is 29.7 Å². The third-order valence-corrected chi connectivity index (χ3v) is 5.72. The molecule has 2 aromatic heterocycles. The lowest BCUT2D eigenvalue weighted by atomic mass is 10.2. The van der Waals surface area contributed by atoms with Crippen LogP contribution >= 0.6 is 11.8 Å². The second kappa shape index (κ2) is 10.9. The summed E-state index contributed by atoms with van der Waals surface area (Å²) in [6.07, 6.45) is 8.06. The van der Waals surface area contributed by atoms with E-state index in [2.05, 4.69) is 20.5 Å². The summed E-state index contributed by atoms with van der Waals surface area (Å²) < 4.78 is 6.83. The Labute approximate surface area is 174 Å². The van der Waals surface area contributed by atoms with Crippen molar-refractivity contribution in [3.8, 4) is 0 Å².